The summed E-state index contributed by atoms with van der Waals surface area (Å²) in [6, 6.07) is 3.45. The van der Waals surface area contributed by atoms with Crippen molar-refractivity contribution in [2.45, 2.75) is 4.90 Å². The largest absolute Gasteiger partial charge is 0.478 e. The second-order valence-corrected chi connectivity index (χ2v) is 5.15. The molecule has 18 heavy (non-hydrogen) atoms. The Kier molecular flexibility index (Phi) is 2.68. The van der Waals surface area contributed by atoms with Crippen LogP contribution < -0.4 is 10.7 Å². The van der Waals surface area contributed by atoms with Crippen LogP contribution in [0.25, 0.3) is 10.8 Å². The molecule has 1 aromatic carbocycles. The molecule has 0 unspecified atom stereocenters. The van der Waals surface area contributed by atoms with Crippen LogP contribution in [0, 0.1) is 0 Å². The van der Waals surface area contributed by atoms with Gasteiger partial charge in [0, 0.05) is 17.0 Å². The Morgan fingerprint density at radius 2 is 1.94 bits per heavy atom. The first-order valence-electron chi connectivity index (χ1n) is 4.72. The van der Waals surface area contributed by atoms with Gasteiger partial charge in [-0.05, 0) is 12.1 Å². The molecule has 0 saturated carbocycles. The Balaban J connectivity index is 2.91. The van der Waals surface area contributed by atoms with Crippen molar-refractivity contribution >= 4 is 26.8 Å². The quantitative estimate of drug-likeness (QED) is 0.698. The van der Waals surface area contributed by atoms with Crippen molar-refractivity contribution in [2.24, 2.45) is 5.14 Å². The lowest BCUT2D eigenvalue weighted by Crippen LogP contribution is -2.14. The first kappa shape index (κ1) is 12.3. The maximum atomic E-state index is 11.5. The van der Waals surface area contributed by atoms with Gasteiger partial charge in [0.15, 0.2) is 0 Å². The van der Waals surface area contributed by atoms with Gasteiger partial charge in [-0.3, -0.25) is 4.79 Å². The minimum absolute atomic E-state index is 0.0403. The molecule has 0 fully saturated rings. The van der Waals surface area contributed by atoms with E-state index in [2.05, 4.69) is 4.98 Å². The SMILES string of the molecule is NS(=O)(=O)c1ccc2c(C(=O)O)c[nH]c(=O)c2c1. The number of hydrogen-bond donors (Lipinski definition) is 3. The van der Waals surface area contributed by atoms with E-state index in [4.69, 9.17) is 10.2 Å². The van der Waals surface area contributed by atoms with E-state index in [1.165, 1.54) is 6.07 Å². The predicted molar refractivity (Wildman–Crippen MR) is 62.9 cm³/mol. The number of benzene rings is 1. The summed E-state index contributed by atoms with van der Waals surface area (Å²) in [4.78, 5) is 24.5. The molecule has 0 radical (unpaired) electrons. The Morgan fingerprint density at radius 3 is 2.50 bits per heavy atom. The molecule has 0 aliphatic carbocycles. The summed E-state index contributed by atoms with van der Waals surface area (Å²) in [6.45, 7) is 0. The molecule has 4 N–H and O–H groups in total. The molecule has 2 rings (SSSR count). The van der Waals surface area contributed by atoms with E-state index in [9.17, 15) is 18.0 Å². The minimum Gasteiger partial charge on any atom is -0.478 e. The van der Waals surface area contributed by atoms with Gasteiger partial charge in [-0.15, -0.1) is 0 Å². The van der Waals surface area contributed by atoms with E-state index in [1.807, 2.05) is 0 Å². The number of pyridine rings is 1. The molecule has 0 amide bonds. The third kappa shape index (κ3) is 1.98. The molecule has 0 saturated heterocycles. The number of carboxylic acid groups (broad SMARTS) is 1. The van der Waals surface area contributed by atoms with Crippen LogP contribution in [-0.2, 0) is 10.0 Å². The van der Waals surface area contributed by atoms with Gasteiger partial charge in [0.2, 0.25) is 10.0 Å². The molecule has 0 atom stereocenters. The number of H-pyrrole nitrogens is 1. The van der Waals surface area contributed by atoms with Gasteiger partial charge in [-0.1, -0.05) is 6.07 Å². The zero-order valence-electron chi connectivity index (χ0n) is 8.88. The lowest BCUT2D eigenvalue weighted by Gasteiger charge is -2.03. The third-order valence-corrected chi connectivity index (χ3v) is 3.34. The van der Waals surface area contributed by atoms with Crippen molar-refractivity contribution in [1.29, 1.82) is 0 Å². The van der Waals surface area contributed by atoms with Crippen LogP contribution in [0.5, 0.6) is 0 Å². The van der Waals surface area contributed by atoms with Crippen molar-refractivity contribution in [1.82, 2.24) is 4.98 Å². The molecular weight excluding hydrogens is 260 g/mol. The number of primary sulfonamides is 1. The number of carboxylic acids is 1. The van der Waals surface area contributed by atoms with Crippen molar-refractivity contribution in [3.8, 4) is 0 Å². The van der Waals surface area contributed by atoms with Crippen molar-refractivity contribution in [3.63, 3.8) is 0 Å². The number of aromatic carboxylic acids is 1. The van der Waals surface area contributed by atoms with Crippen LogP contribution in [0.4, 0.5) is 0 Å². The van der Waals surface area contributed by atoms with Crippen molar-refractivity contribution in [2.75, 3.05) is 0 Å². The summed E-state index contributed by atoms with van der Waals surface area (Å²) in [7, 11) is -3.94. The number of rotatable bonds is 2. The fourth-order valence-corrected chi connectivity index (χ4v) is 2.13. The molecule has 0 aliphatic heterocycles. The summed E-state index contributed by atoms with van der Waals surface area (Å²) in [6.07, 6.45) is 1.06. The maximum Gasteiger partial charge on any atom is 0.337 e. The number of aromatic amines is 1. The average Bonchev–Trinajstić information content (AvgIpc) is 2.27. The van der Waals surface area contributed by atoms with Gasteiger partial charge in [-0.2, -0.15) is 0 Å². The summed E-state index contributed by atoms with van der Waals surface area (Å²) < 4.78 is 22.3. The maximum absolute atomic E-state index is 11.5. The number of fused-ring (bicyclic) bond motifs is 1. The summed E-state index contributed by atoms with van der Waals surface area (Å²) in [5.41, 5.74) is -0.703. The van der Waals surface area contributed by atoms with Crippen LogP contribution in [-0.4, -0.2) is 24.5 Å². The molecule has 2 aromatic rings. The lowest BCUT2D eigenvalue weighted by atomic mass is 10.1. The highest BCUT2D eigenvalue weighted by atomic mass is 32.2. The first-order valence-corrected chi connectivity index (χ1v) is 6.27. The van der Waals surface area contributed by atoms with Gasteiger partial charge in [-0.25, -0.2) is 18.4 Å². The van der Waals surface area contributed by atoms with Crippen molar-refractivity contribution < 1.29 is 18.3 Å². The van der Waals surface area contributed by atoms with E-state index < -0.39 is 21.6 Å². The van der Waals surface area contributed by atoms with Gasteiger partial charge in [0.05, 0.1) is 10.5 Å². The second-order valence-electron chi connectivity index (χ2n) is 3.59. The molecule has 0 bridgehead atoms. The van der Waals surface area contributed by atoms with Gasteiger partial charge in [0.25, 0.3) is 5.56 Å². The van der Waals surface area contributed by atoms with E-state index in [-0.39, 0.29) is 21.2 Å². The normalized spacial score (nSPS) is 11.6. The van der Waals surface area contributed by atoms with Crippen LogP contribution in [0.1, 0.15) is 10.4 Å². The fraction of sp³-hybridized carbons (Fsp3) is 0. The molecule has 0 spiro atoms. The van der Waals surface area contributed by atoms with Gasteiger partial charge < -0.3 is 10.1 Å². The Morgan fingerprint density at radius 1 is 1.28 bits per heavy atom. The molecule has 1 heterocycles. The Hall–Kier alpha value is -2.19. The van der Waals surface area contributed by atoms with E-state index in [1.54, 1.807) is 0 Å². The molecule has 94 valence electrons. The monoisotopic (exact) mass is 268 g/mol. The molecule has 0 aliphatic rings. The lowest BCUT2D eigenvalue weighted by molar-refractivity contribution is 0.0698. The standard InChI is InChI=1S/C10H8N2O5S/c11-18(16,17)5-1-2-6-7(3-5)9(13)12-4-8(6)10(14)15/h1-4H,(H,12,13)(H,14,15)(H2,11,16,17). The van der Waals surface area contributed by atoms with Crippen LogP contribution in [0.15, 0.2) is 34.1 Å². The first-order chi connectivity index (χ1) is 8.30. The summed E-state index contributed by atoms with van der Waals surface area (Å²) >= 11 is 0. The number of carbonyl (C=O) groups is 1. The topological polar surface area (TPSA) is 130 Å². The highest BCUT2D eigenvalue weighted by molar-refractivity contribution is 7.89. The van der Waals surface area contributed by atoms with Crippen LogP contribution >= 0.6 is 0 Å². The average molecular weight is 268 g/mol. The van der Waals surface area contributed by atoms with Gasteiger partial charge >= 0.3 is 5.97 Å². The molecule has 7 nitrogen and oxygen atoms in total. The molecule has 8 heteroatoms. The number of nitrogens with one attached hydrogen (secondary N) is 1. The van der Waals surface area contributed by atoms with Gasteiger partial charge in [0.1, 0.15) is 0 Å². The molecular formula is C10H8N2O5S. The van der Waals surface area contributed by atoms with Crippen LogP contribution in [0.2, 0.25) is 0 Å². The van der Waals surface area contributed by atoms with Crippen molar-refractivity contribution in [3.05, 3.63) is 40.3 Å². The summed E-state index contributed by atoms with van der Waals surface area (Å²) in [5, 5.41) is 14.0. The Labute approximate surface area is 101 Å². The highest BCUT2D eigenvalue weighted by Crippen LogP contribution is 2.18. The van der Waals surface area contributed by atoms with E-state index >= 15 is 0 Å². The third-order valence-electron chi connectivity index (χ3n) is 2.43. The highest BCUT2D eigenvalue weighted by Gasteiger charge is 2.14. The minimum atomic E-state index is -3.94. The van der Waals surface area contributed by atoms with E-state index in [0.717, 1.165) is 18.3 Å². The number of sulfonamides is 1. The fourth-order valence-electron chi connectivity index (χ4n) is 1.59. The van der Waals surface area contributed by atoms with Crippen LogP contribution in [0.3, 0.4) is 0 Å². The number of aromatic nitrogens is 1. The smallest absolute Gasteiger partial charge is 0.337 e. The second kappa shape index (κ2) is 3.93. The zero-order chi connectivity index (χ0) is 13.5. The van der Waals surface area contributed by atoms with E-state index in [0.29, 0.717) is 0 Å². The Bertz CT molecular complexity index is 807. The molecule has 1 aromatic heterocycles. The zero-order valence-corrected chi connectivity index (χ0v) is 9.69. The summed E-state index contributed by atoms with van der Waals surface area (Å²) in [5.74, 6) is -1.22. The number of nitrogens with two attached hydrogens (primary N) is 1. The number of hydrogen-bond acceptors (Lipinski definition) is 4. The predicted octanol–water partition coefficient (Wildman–Crippen LogP) is -0.126.